The molecule has 160 valence electrons. The maximum absolute atomic E-state index is 6.66. The molecule has 0 radical (unpaired) electrons. The van der Waals surface area contributed by atoms with Crippen LogP contribution in [0.25, 0.3) is 33.2 Å². The van der Waals surface area contributed by atoms with Gasteiger partial charge in [0, 0.05) is 22.9 Å². The van der Waals surface area contributed by atoms with Gasteiger partial charge in [0.15, 0.2) is 6.20 Å². The Balaban J connectivity index is 1.92. The summed E-state index contributed by atoms with van der Waals surface area (Å²) in [5.41, 5.74) is 10.4. The Hall–Kier alpha value is -2.61. The molecule has 4 aromatic rings. The van der Waals surface area contributed by atoms with E-state index < -0.39 is 0 Å². The molecule has 0 fully saturated rings. The predicted molar refractivity (Wildman–Crippen MR) is 130 cm³/mol. The third-order valence-electron chi connectivity index (χ3n) is 7.67. The number of benzene rings is 2. The number of hydrogen-bond acceptors (Lipinski definition) is 1. The Labute approximate surface area is 185 Å². The van der Waals surface area contributed by atoms with Crippen molar-refractivity contribution in [1.29, 1.82) is 0 Å². The summed E-state index contributed by atoms with van der Waals surface area (Å²) in [5.74, 6) is 0. The molecule has 2 aromatic heterocycles. The molecular weight excluding hydrogens is 378 g/mol. The standard InChI is InChI=1S/C29H34NO/c1-8-19-13-16-30(7)22(17-19)24-18(2)9-10-20-25-23(31-27(20)24)12-11-21-26(25)29(5,6)15-14-28(21,3)4/h9-13,16-17H,8,14-15H2,1-7H3/q+1. The van der Waals surface area contributed by atoms with Crippen molar-refractivity contribution in [2.45, 2.75) is 71.6 Å². The van der Waals surface area contributed by atoms with E-state index in [1.165, 1.54) is 57.1 Å². The first-order valence-corrected chi connectivity index (χ1v) is 11.6. The van der Waals surface area contributed by atoms with E-state index >= 15 is 0 Å². The predicted octanol–water partition coefficient (Wildman–Crippen LogP) is 7.30. The van der Waals surface area contributed by atoms with Gasteiger partial charge >= 0.3 is 0 Å². The van der Waals surface area contributed by atoms with Crippen LogP contribution >= 0.6 is 0 Å². The minimum atomic E-state index is 0.138. The lowest BCUT2D eigenvalue weighted by Crippen LogP contribution is -2.33. The lowest BCUT2D eigenvalue weighted by Gasteiger charge is -2.42. The van der Waals surface area contributed by atoms with Crippen LogP contribution in [0.3, 0.4) is 0 Å². The van der Waals surface area contributed by atoms with Gasteiger partial charge in [0.05, 0.1) is 5.56 Å². The topological polar surface area (TPSA) is 17.0 Å². The van der Waals surface area contributed by atoms with Crippen LogP contribution in [0.2, 0.25) is 0 Å². The van der Waals surface area contributed by atoms with Crippen LogP contribution in [0, 0.1) is 6.92 Å². The molecule has 0 amide bonds. The molecule has 5 rings (SSSR count). The smallest absolute Gasteiger partial charge is 0.216 e. The van der Waals surface area contributed by atoms with E-state index in [2.05, 4.69) is 95.8 Å². The number of rotatable bonds is 2. The van der Waals surface area contributed by atoms with Gasteiger partial charge in [-0.15, -0.1) is 0 Å². The first-order chi connectivity index (χ1) is 14.6. The summed E-state index contributed by atoms with van der Waals surface area (Å²) >= 11 is 0. The van der Waals surface area contributed by atoms with Gasteiger partial charge in [0.25, 0.3) is 0 Å². The average Bonchev–Trinajstić information content (AvgIpc) is 3.10. The largest absolute Gasteiger partial charge is 0.455 e. The second-order valence-corrected chi connectivity index (χ2v) is 10.7. The molecule has 1 aliphatic carbocycles. The van der Waals surface area contributed by atoms with Crippen LogP contribution < -0.4 is 4.57 Å². The van der Waals surface area contributed by atoms with E-state index in [9.17, 15) is 0 Å². The molecular formula is C29H34NO+. The maximum atomic E-state index is 6.66. The minimum absolute atomic E-state index is 0.138. The fraction of sp³-hybridized carbons (Fsp3) is 0.414. The van der Waals surface area contributed by atoms with E-state index in [1.54, 1.807) is 0 Å². The summed E-state index contributed by atoms with van der Waals surface area (Å²) < 4.78 is 8.88. The van der Waals surface area contributed by atoms with Crippen molar-refractivity contribution in [3.63, 3.8) is 0 Å². The number of aromatic nitrogens is 1. The van der Waals surface area contributed by atoms with E-state index in [0.29, 0.717) is 0 Å². The molecule has 0 aliphatic heterocycles. The van der Waals surface area contributed by atoms with Crippen LogP contribution in [0.1, 0.15) is 69.7 Å². The molecule has 2 aromatic carbocycles. The highest BCUT2D eigenvalue weighted by Gasteiger charge is 2.39. The fourth-order valence-electron chi connectivity index (χ4n) is 5.58. The first kappa shape index (κ1) is 20.3. The molecule has 0 saturated carbocycles. The highest BCUT2D eigenvalue weighted by molar-refractivity contribution is 6.12. The number of pyridine rings is 1. The molecule has 2 heteroatoms. The average molecular weight is 413 g/mol. The number of hydrogen-bond donors (Lipinski definition) is 0. The summed E-state index contributed by atoms with van der Waals surface area (Å²) in [4.78, 5) is 0. The molecule has 0 saturated heterocycles. The normalized spacial score (nSPS) is 17.3. The lowest BCUT2D eigenvalue weighted by molar-refractivity contribution is -0.660. The summed E-state index contributed by atoms with van der Waals surface area (Å²) in [5, 5.41) is 2.57. The molecule has 0 spiro atoms. The number of nitrogens with zero attached hydrogens (tertiary/aromatic N) is 1. The van der Waals surface area contributed by atoms with Gasteiger partial charge in [-0.1, -0.05) is 52.8 Å². The molecule has 0 N–H and O–H groups in total. The van der Waals surface area contributed by atoms with E-state index in [4.69, 9.17) is 4.42 Å². The first-order valence-electron chi connectivity index (χ1n) is 11.6. The third kappa shape index (κ3) is 2.95. The van der Waals surface area contributed by atoms with Gasteiger partial charge in [-0.2, -0.15) is 0 Å². The van der Waals surface area contributed by atoms with Crippen LogP contribution in [0.4, 0.5) is 0 Å². The molecule has 0 bridgehead atoms. The number of fused-ring (bicyclic) bond motifs is 5. The minimum Gasteiger partial charge on any atom is -0.455 e. The van der Waals surface area contributed by atoms with Crippen molar-refractivity contribution in [3.8, 4) is 11.3 Å². The fourth-order valence-corrected chi connectivity index (χ4v) is 5.58. The monoisotopic (exact) mass is 412 g/mol. The van der Waals surface area contributed by atoms with Gasteiger partial charge in [-0.3, -0.25) is 0 Å². The van der Waals surface area contributed by atoms with Crippen molar-refractivity contribution in [3.05, 3.63) is 64.8 Å². The SMILES string of the molecule is CCc1cc[n+](C)c(-c2c(C)ccc3c2oc2ccc4c(c23)C(C)(C)CCC4(C)C)c1. The molecule has 2 nitrogen and oxygen atoms in total. The summed E-state index contributed by atoms with van der Waals surface area (Å²) in [6.45, 7) is 14.0. The molecule has 1 aliphatic rings. The van der Waals surface area contributed by atoms with Gasteiger partial charge in [0.2, 0.25) is 5.69 Å². The summed E-state index contributed by atoms with van der Waals surface area (Å²) in [6, 6.07) is 13.6. The highest BCUT2D eigenvalue weighted by atomic mass is 16.3. The van der Waals surface area contributed by atoms with Crippen molar-refractivity contribution < 1.29 is 8.98 Å². The zero-order valence-corrected chi connectivity index (χ0v) is 20.0. The second-order valence-electron chi connectivity index (χ2n) is 10.7. The molecule has 0 atom stereocenters. The van der Waals surface area contributed by atoms with Gasteiger partial charge < -0.3 is 4.42 Å². The van der Waals surface area contributed by atoms with E-state index in [1.807, 2.05) is 0 Å². The molecule has 0 unspecified atom stereocenters. The zero-order chi connectivity index (χ0) is 22.1. The number of aryl methyl sites for hydroxylation is 3. The lowest BCUT2D eigenvalue weighted by atomic mass is 9.62. The Bertz CT molecular complexity index is 1340. The Morgan fingerprint density at radius 2 is 1.71 bits per heavy atom. The van der Waals surface area contributed by atoms with Crippen LogP contribution in [-0.2, 0) is 24.3 Å². The van der Waals surface area contributed by atoms with Crippen molar-refractivity contribution in [1.82, 2.24) is 0 Å². The van der Waals surface area contributed by atoms with Crippen LogP contribution in [-0.4, -0.2) is 0 Å². The zero-order valence-electron chi connectivity index (χ0n) is 20.0. The Morgan fingerprint density at radius 3 is 2.45 bits per heavy atom. The molecule has 2 heterocycles. The van der Waals surface area contributed by atoms with Crippen LogP contribution in [0.5, 0.6) is 0 Å². The van der Waals surface area contributed by atoms with Gasteiger partial charge in [0.1, 0.15) is 18.2 Å². The summed E-state index contributed by atoms with van der Waals surface area (Å²) in [6.07, 6.45) is 5.62. The quantitative estimate of drug-likeness (QED) is 0.316. The number of furan rings is 1. The van der Waals surface area contributed by atoms with E-state index in [0.717, 1.165) is 17.6 Å². The molecule has 31 heavy (non-hydrogen) atoms. The second kappa shape index (κ2) is 6.69. The highest BCUT2D eigenvalue weighted by Crippen LogP contribution is 2.51. The van der Waals surface area contributed by atoms with Crippen molar-refractivity contribution in [2.75, 3.05) is 0 Å². The van der Waals surface area contributed by atoms with Gasteiger partial charge in [-0.05, 0) is 65.3 Å². The summed E-state index contributed by atoms with van der Waals surface area (Å²) in [7, 11) is 2.13. The van der Waals surface area contributed by atoms with E-state index in [-0.39, 0.29) is 10.8 Å². The maximum Gasteiger partial charge on any atom is 0.216 e. The van der Waals surface area contributed by atoms with Crippen molar-refractivity contribution >= 4 is 21.9 Å². The Kier molecular flexibility index (Phi) is 4.38. The van der Waals surface area contributed by atoms with Gasteiger partial charge in [-0.25, -0.2) is 4.57 Å². The third-order valence-corrected chi connectivity index (χ3v) is 7.67. The Morgan fingerprint density at radius 1 is 0.968 bits per heavy atom. The van der Waals surface area contributed by atoms with Crippen LogP contribution in [0.15, 0.2) is 47.0 Å². The van der Waals surface area contributed by atoms with Crippen molar-refractivity contribution in [2.24, 2.45) is 7.05 Å².